The second-order valence-electron chi connectivity index (χ2n) is 3.22. The number of aromatic nitrogens is 3. The van der Waals surface area contributed by atoms with Crippen LogP contribution in [0.2, 0.25) is 0 Å². The standard InChI is InChI=1S/C8H8ClN3O2S/c1-12-8-4-6(5-15(9,13)14)2-3-7(8)10-11-12/h2-4H,5H2,1H3. The molecule has 0 radical (unpaired) electrons. The number of aryl methyl sites for hydroxylation is 1. The minimum Gasteiger partial charge on any atom is -0.248 e. The van der Waals surface area contributed by atoms with Gasteiger partial charge in [0.05, 0.1) is 11.3 Å². The highest BCUT2D eigenvalue weighted by Gasteiger charge is 2.09. The van der Waals surface area contributed by atoms with E-state index in [2.05, 4.69) is 10.3 Å². The molecule has 0 aliphatic carbocycles. The van der Waals surface area contributed by atoms with Gasteiger partial charge < -0.3 is 0 Å². The summed E-state index contributed by atoms with van der Waals surface area (Å²) in [6.07, 6.45) is 0. The number of nitrogens with zero attached hydrogens (tertiary/aromatic N) is 3. The van der Waals surface area contributed by atoms with Gasteiger partial charge >= 0.3 is 0 Å². The minimum atomic E-state index is -3.52. The van der Waals surface area contributed by atoms with Crippen molar-refractivity contribution >= 4 is 30.8 Å². The second-order valence-corrected chi connectivity index (χ2v) is 6.00. The van der Waals surface area contributed by atoms with Gasteiger partial charge in [0.2, 0.25) is 9.05 Å². The van der Waals surface area contributed by atoms with Crippen molar-refractivity contribution in [1.82, 2.24) is 15.0 Å². The third-order valence-corrected chi connectivity index (χ3v) is 3.02. The van der Waals surface area contributed by atoms with Crippen LogP contribution in [0.25, 0.3) is 11.0 Å². The van der Waals surface area contributed by atoms with E-state index < -0.39 is 9.05 Å². The zero-order chi connectivity index (χ0) is 11.1. The molecule has 0 N–H and O–H groups in total. The molecule has 7 heteroatoms. The molecule has 0 saturated heterocycles. The van der Waals surface area contributed by atoms with Crippen LogP contribution in [0.4, 0.5) is 0 Å². The van der Waals surface area contributed by atoms with Crippen LogP contribution >= 0.6 is 10.7 Å². The molecular formula is C8H8ClN3O2S. The summed E-state index contributed by atoms with van der Waals surface area (Å²) in [4.78, 5) is 0. The molecule has 0 spiro atoms. The van der Waals surface area contributed by atoms with E-state index in [0.29, 0.717) is 5.56 Å². The van der Waals surface area contributed by atoms with Crippen LogP contribution in [-0.4, -0.2) is 23.4 Å². The first-order chi connectivity index (χ1) is 6.96. The third-order valence-electron chi connectivity index (χ3n) is 2.01. The summed E-state index contributed by atoms with van der Waals surface area (Å²) in [5, 5.41) is 7.70. The molecular weight excluding hydrogens is 238 g/mol. The van der Waals surface area contributed by atoms with E-state index in [1.165, 1.54) is 0 Å². The zero-order valence-electron chi connectivity index (χ0n) is 7.88. The molecule has 0 saturated carbocycles. The highest BCUT2D eigenvalue weighted by atomic mass is 35.7. The fourth-order valence-electron chi connectivity index (χ4n) is 1.37. The largest absolute Gasteiger partial charge is 0.248 e. The molecule has 0 aliphatic heterocycles. The summed E-state index contributed by atoms with van der Waals surface area (Å²) in [5.74, 6) is -0.185. The van der Waals surface area contributed by atoms with Gasteiger partial charge in [-0.25, -0.2) is 13.1 Å². The quantitative estimate of drug-likeness (QED) is 0.742. The maximum absolute atomic E-state index is 10.9. The minimum absolute atomic E-state index is 0.185. The van der Waals surface area contributed by atoms with Crippen LogP contribution in [0.3, 0.4) is 0 Å². The molecule has 2 rings (SSSR count). The lowest BCUT2D eigenvalue weighted by Gasteiger charge is -1.98. The van der Waals surface area contributed by atoms with E-state index in [1.54, 1.807) is 29.9 Å². The van der Waals surface area contributed by atoms with E-state index in [9.17, 15) is 8.42 Å². The summed E-state index contributed by atoms with van der Waals surface area (Å²) in [6, 6.07) is 5.12. The summed E-state index contributed by atoms with van der Waals surface area (Å²) in [7, 11) is 3.39. The Bertz CT molecular complexity index is 605. The van der Waals surface area contributed by atoms with Crippen LogP contribution < -0.4 is 0 Å². The molecule has 2 aromatic rings. The van der Waals surface area contributed by atoms with Crippen LogP contribution in [0.1, 0.15) is 5.56 Å². The molecule has 5 nitrogen and oxygen atoms in total. The molecule has 0 aliphatic rings. The first-order valence-electron chi connectivity index (χ1n) is 4.16. The van der Waals surface area contributed by atoms with Crippen molar-refractivity contribution in [2.45, 2.75) is 5.75 Å². The van der Waals surface area contributed by atoms with Crippen LogP contribution in [0, 0.1) is 0 Å². The number of hydrogen-bond donors (Lipinski definition) is 0. The van der Waals surface area contributed by atoms with Gasteiger partial charge in [-0.3, -0.25) is 0 Å². The van der Waals surface area contributed by atoms with Gasteiger partial charge in [0.1, 0.15) is 5.52 Å². The van der Waals surface area contributed by atoms with Gasteiger partial charge in [-0.05, 0) is 17.7 Å². The normalized spacial score (nSPS) is 12.1. The van der Waals surface area contributed by atoms with Crippen LogP contribution in [-0.2, 0) is 21.9 Å². The van der Waals surface area contributed by atoms with Crippen molar-refractivity contribution in [3.63, 3.8) is 0 Å². The number of rotatable bonds is 2. The SMILES string of the molecule is Cn1nnc2ccc(CS(=O)(=O)Cl)cc21. The summed E-state index contributed by atoms with van der Waals surface area (Å²) < 4.78 is 23.4. The Labute approximate surface area is 91.1 Å². The first-order valence-corrected chi connectivity index (χ1v) is 6.64. The van der Waals surface area contributed by atoms with Gasteiger partial charge in [0, 0.05) is 17.7 Å². The molecule has 1 heterocycles. The van der Waals surface area contributed by atoms with Gasteiger partial charge in [-0.2, -0.15) is 0 Å². The highest BCUT2D eigenvalue weighted by Crippen LogP contribution is 2.16. The zero-order valence-corrected chi connectivity index (χ0v) is 9.46. The fourth-order valence-corrected chi connectivity index (χ4v) is 2.32. The molecule has 1 aromatic heterocycles. The molecule has 0 amide bonds. The fraction of sp³-hybridized carbons (Fsp3) is 0.250. The van der Waals surface area contributed by atoms with E-state index in [-0.39, 0.29) is 5.75 Å². The lowest BCUT2D eigenvalue weighted by molar-refractivity contribution is 0.609. The molecule has 0 fully saturated rings. The average Bonchev–Trinajstić information content (AvgIpc) is 2.45. The Balaban J connectivity index is 2.51. The van der Waals surface area contributed by atoms with Gasteiger partial charge in [0.25, 0.3) is 0 Å². The van der Waals surface area contributed by atoms with Gasteiger partial charge in [-0.15, -0.1) is 5.10 Å². The van der Waals surface area contributed by atoms with Crippen LogP contribution in [0.15, 0.2) is 18.2 Å². The van der Waals surface area contributed by atoms with Crippen molar-refractivity contribution in [2.24, 2.45) is 7.05 Å². The highest BCUT2D eigenvalue weighted by molar-refractivity contribution is 8.13. The molecule has 15 heavy (non-hydrogen) atoms. The lowest BCUT2D eigenvalue weighted by Crippen LogP contribution is -1.96. The topological polar surface area (TPSA) is 64.8 Å². The number of halogens is 1. The lowest BCUT2D eigenvalue weighted by atomic mass is 10.2. The Morgan fingerprint density at radius 1 is 1.47 bits per heavy atom. The predicted octanol–water partition coefficient (Wildman–Crippen LogP) is 1.04. The molecule has 0 atom stereocenters. The first kappa shape index (κ1) is 10.4. The second kappa shape index (κ2) is 3.46. The smallest absolute Gasteiger partial charge is 0.236 e. The Morgan fingerprint density at radius 3 is 2.87 bits per heavy atom. The van der Waals surface area contributed by atoms with Gasteiger partial charge in [-0.1, -0.05) is 11.3 Å². The maximum Gasteiger partial charge on any atom is 0.236 e. The monoisotopic (exact) mass is 245 g/mol. The van der Waals surface area contributed by atoms with E-state index in [0.717, 1.165) is 11.0 Å². The summed E-state index contributed by atoms with van der Waals surface area (Å²) in [5.41, 5.74) is 2.14. The van der Waals surface area contributed by atoms with Crippen LogP contribution in [0.5, 0.6) is 0 Å². The van der Waals surface area contributed by atoms with Crippen molar-refractivity contribution in [3.8, 4) is 0 Å². The number of fused-ring (bicyclic) bond motifs is 1. The number of hydrogen-bond acceptors (Lipinski definition) is 4. The number of benzene rings is 1. The van der Waals surface area contributed by atoms with Crippen molar-refractivity contribution in [2.75, 3.05) is 0 Å². The van der Waals surface area contributed by atoms with Gasteiger partial charge in [0.15, 0.2) is 0 Å². The molecule has 0 unspecified atom stereocenters. The van der Waals surface area contributed by atoms with Crippen molar-refractivity contribution in [1.29, 1.82) is 0 Å². The molecule has 80 valence electrons. The Hall–Kier alpha value is -1.14. The van der Waals surface area contributed by atoms with E-state index in [4.69, 9.17) is 10.7 Å². The van der Waals surface area contributed by atoms with E-state index >= 15 is 0 Å². The molecule has 0 bridgehead atoms. The van der Waals surface area contributed by atoms with Crippen molar-refractivity contribution in [3.05, 3.63) is 23.8 Å². The van der Waals surface area contributed by atoms with Crippen molar-refractivity contribution < 1.29 is 8.42 Å². The van der Waals surface area contributed by atoms with E-state index in [1.807, 2.05) is 0 Å². The summed E-state index contributed by atoms with van der Waals surface area (Å²) in [6.45, 7) is 0. The average molecular weight is 246 g/mol. The summed E-state index contributed by atoms with van der Waals surface area (Å²) >= 11 is 0. The predicted molar refractivity (Wildman–Crippen MR) is 57.0 cm³/mol. The Kier molecular flexibility index (Phi) is 2.40. The maximum atomic E-state index is 10.9. The molecule has 1 aromatic carbocycles. The third kappa shape index (κ3) is 2.27. The Morgan fingerprint density at radius 2 is 2.20 bits per heavy atom.